The first-order valence-electron chi connectivity index (χ1n) is 15.4. The van der Waals surface area contributed by atoms with Crippen molar-refractivity contribution in [2.45, 2.75) is 25.4 Å². The minimum absolute atomic E-state index is 0.0229. The number of amides is 1. The van der Waals surface area contributed by atoms with Crippen molar-refractivity contribution in [2.75, 3.05) is 0 Å². The van der Waals surface area contributed by atoms with Crippen molar-refractivity contribution in [3.63, 3.8) is 0 Å². The lowest BCUT2D eigenvalue weighted by Gasteiger charge is -2.42. The third-order valence-electron chi connectivity index (χ3n) is 8.81. The van der Waals surface area contributed by atoms with Gasteiger partial charge in [0.1, 0.15) is 17.2 Å². The van der Waals surface area contributed by atoms with Crippen LogP contribution < -0.4 is 15.4 Å². The van der Waals surface area contributed by atoms with Crippen molar-refractivity contribution in [1.82, 2.24) is 30.2 Å². The molecule has 0 saturated carbocycles. The fraction of sp³-hybridized carbons (Fsp3) is 0.108. The van der Waals surface area contributed by atoms with Crippen LogP contribution in [0, 0.1) is 16.3 Å². The Morgan fingerprint density at radius 3 is 2.33 bits per heavy atom. The van der Waals surface area contributed by atoms with Gasteiger partial charge < -0.3 is 20.5 Å². The number of halogens is 3. The molecule has 6 aromatic rings. The fourth-order valence-electron chi connectivity index (χ4n) is 6.54. The molecule has 0 spiro atoms. The minimum atomic E-state index is -1.31. The molecule has 2 unspecified atom stereocenters. The highest BCUT2D eigenvalue weighted by Crippen LogP contribution is 2.50. The number of ether oxygens (including phenoxy) is 1. The van der Waals surface area contributed by atoms with Gasteiger partial charge in [0.15, 0.2) is 0 Å². The normalized spacial score (nSPS) is 18.3. The first kappa shape index (κ1) is 31.1. The lowest BCUT2D eigenvalue weighted by atomic mass is 9.81. The summed E-state index contributed by atoms with van der Waals surface area (Å²) in [6.07, 6.45) is 1.89. The maximum Gasteiger partial charge on any atom is 0.255 e. The second-order valence-electron chi connectivity index (χ2n) is 12.0. The van der Waals surface area contributed by atoms with Crippen molar-refractivity contribution in [1.29, 1.82) is 0 Å². The molecule has 2 aromatic heterocycles. The number of para-hydroxylation sites is 2. The Hall–Kier alpha value is -5.14. The van der Waals surface area contributed by atoms with Gasteiger partial charge in [-0.15, -0.1) is 0 Å². The first-order valence-corrected chi connectivity index (χ1v) is 16.8. The second-order valence-corrected chi connectivity index (χ2v) is 13.6. The van der Waals surface area contributed by atoms with Gasteiger partial charge in [0.25, 0.3) is 5.91 Å². The summed E-state index contributed by atoms with van der Waals surface area (Å²) in [7, 11) is 0. The van der Waals surface area contributed by atoms with Crippen LogP contribution in [0.4, 0.5) is 4.39 Å². The van der Waals surface area contributed by atoms with Gasteiger partial charge in [-0.25, -0.2) is 13.8 Å². The standard InChI is InChI=1S/C37H27ClFIN6O3/c1-20-29-30(26-19-45(24-9-5-3-6-10-24)44-32(26)21-13-15-23(39)16-14-21)31-34(48)41-37(2,27-17-22(38)18-28(40)33(27)47)42-35(31)49-36(29)46(43-20)25-11-7-4-8-12-25/h3-19,30,42,47H,1-2H3,(H,41,48). The van der Waals surface area contributed by atoms with Crippen molar-refractivity contribution < 1.29 is 19.0 Å². The molecule has 9 nitrogen and oxygen atoms in total. The average molecular weight is 785 g/mol. The molecule has 12 heteroatoms. The van der Waals surface area contributed by atoms with Crippen LogP contribution in [0.3, 0.4) is 0 Å². The third-order valence-corrected chi connectivity index (χ3v) is 9.86. The molecule has 4 heterocycles. The molecule has 4 aromatic carbocycles. The van der Waals surface area contributed by atoms with E-state index < -0.39 is 17.5 Å². The van der Waals surface area contributed by atoms with E-state index >= 15 is 0 Å². The Morgan fingerprint density at radius 2 is 1.63 bits per heavy atom. The maximum absolute atomic E-state index is 14.5. The summed E-state index contributed by atoms with van der Waals surface area (Å²) >= 11 is 8.43. The molecule has 244 valence electrons. The highest BCUT2D eigenvalue weighted by molar-refractivity contribution is 14.1. The summed E-state index contributed by atoms with van der Waals surface area (Å²) in [6.45, 7) is 3.62. The number of nitrogens with one attached hydrogen (secondary N) is 2. The topological polar surface area (TPSA) is 106 Å². The van der Waals surface area contributed by atoms with E-state index in [0.717, 1.165) is 11.4 Å². The van der Waals surface area contributed by atoms with Crippen molar-refractivity contribution in [3.8, 4) is 34.3 Å². The average Bonchev–Trinajstić information content (AvgIpc) is 3.68. The van der Waals surface area contributed by atoms with E-state index in [0.29, 0.717) is 53.7 Å². The van der Waals surface area contributed by atoms with Crippen LogP contribution in [0.1, 0.15) is 35.2 Å². The molecule has 1 amide bonds. The van der Waals surface area contributed by atoms with Crippen LogP contribution in [-0.4, -0.2) is 30.6 Å². The van der Waals surface area contributed by atoms with Crippen molar-refractivity contribution in [2.24, 2.45) is 0 Å². The van der Waals surface area contributed by atoms with Gasteiger partial charge >= 0.3 is 0 Å². The zero-order chi connectivity index (χ0) is 34.0. The summed E-state index contributed by atoms with van der Waals surface area (Å²) < 4.78 is 24.8. The molecule has 0 radical (unpaired) electrons. The Kier molecular flexibility index (Phi) is 7.49. The molecule has 2 atom stereocenters. The van der Waals surface area contributed by atoms with E-state index in [4.69, 9.17) is 26.5 Å². The summed E-state index contributed by atoms with van der Waals surface area (Å²) in [5, 5.41) is 27.9. The van der Waals surface area contributed by atoms with Gasteiger partial charge in [-0.05, 0) is 97.1 Å². The minimum Gasteiger partial charge on any atom is -0.506 e. The number of aromatic hydroxyl groups is 1. The SMILES string of the molecule is Cc1nn(-c2ccccc2)c2c1C(c1cn(-c3ccccc3)nc1-c1ccc(F)cc1)C1=C(NC(C)(c3cc(Cl)cc(I)c3O)NC1=O)O2. The molecule has 0 fully saturated rings. The van der Waals surface area contributed by atoms with Crippen LogP contribution >= 0.6 is 34.2 Å². The number of aromatic nitrogens is 4. The van der Waals surface area contributed by atoms with Crippen LogP contribution in [0.15, 0.2) is 115 Å². The van der Waals surface area contributed by atoms with Crippen LogP contribution in [0.25, 0.3) is 22.6 Å². The monoisotopic (exact) mass is 784 g/mol. The maximum atomic E-state index is 14.5. The number of rotatable bonds is 5. The van der Waals surface area contributed by atoms with Crippen molar-refractivity contribution in [3.05, 3.63) is 152 Å². The second kappa shape index (κ2) is 11.8. The molecule has 3 N–H and O–H groups in total. The highest BCUT2D eigenvalue weighted by Gasteiger charge is 2.48. The number of hydrogen-bond donors (Lipinski definition) is 3. The number of carbonyl (C=O) groups excluding carboxylic acids is 1. The predicted molar refractivity (Wildman–Crippen MR) is 191 cm³/mol. The quantitative estimate of drug-likeness (QED) is 0.157. The Bertz CT molecular complexity index is 2310. The molecule has 8 rings (SSSR count). The molecule has 0 aliphatic carbocycles. The van der Waals surface area contributed by atoms with Gasteiger partial charge in [0.05, 0.1) is 43.4 Å². The number of phenols is 1. The summed E-state index contributed by atoms with van der Waals surface area (Å²) in [4.78, 5) is 14.5. The van der Waals surface area contributed by atoms with E-state index in [1.165, 1.54) is 12.1 Å². The number of benzene rings is 4. The van der Waals surface area contributed by atoms with E-state index in [1.54, 1.807) is 40.6 Å². The molecule has 2 aliphatic heterocycles. The van der Waals surface area contributed by atoms with Gasteiger partial charge in [0, 0.05) is 27.9 Å². The number of hydrogen-bond acceptors (Lipinski definition) is 6. The lowest BCUT2D eigenvalue weighted by Crippen LogP contribution is -2.60. The fourth-order valence-corrected chi connectivity index (χ4v) is 7.56. The predicted octanol–water partition coefficient (Wildman–Crippen LogP) is 7.46. The molecular formula is C37H27ClFIN6O3. The van der Waals surface area contributed by atoms with Gasteiger partial charge in [-0.1, -0.05) is 48.0 Å². The van der Waals surface area contributed by atoms with E-state index in [2.05, 4.69) is 10.6 Å². The van der Waals surface area contributed by atoms with Gasteiger partial charge in [0.2, 0.25) is 11.8 Å². The number of aryl methyl sites for hydroxylation is 1. The van der Waals surface area contributed by atoms with E-state index in [-0.39, 0.29) is 17.4 Å². The zero-order valence-electron chi connectivity index (χ0n) is 26.1. The molecule has 49 heavy (non-hydrogen) atoms. The Labute approximate surface area is 299 Å². The third kappa shape index (κ3) is 5.24. The lowest BCUT2D eigenvalue weighted by molar-refractivity contribution is -0.121. The van der Waals surface area contributed by atoms with Crippen LogP contribution in [0.2, 0.25) is 5.02 Å². The van der Waals surface area contributed by atoms with Crippen molar-refractivity contribution >= 4 is 40.1 Å². The molecule has 0 bridgehead atoms. The largest absolute Gasteiger partial charge is 0.506 e. The number of fused-ring (bicyclic) bond motifs is 1. The summed E-state index contributed by atoms with van der Waals surface area (Å²) in [5.41, 5.74) is 4.16. The van der Waals surface area contributed by atoms with Gasteiger partial charge in [-0.3, -0.25) is 4.79 Å². The van der Waals surface area contributed by atoms with E-state index in [9.17, 15) is 14.3 Å². The Morgan fingerprint density at radius 1 is 0.959 bits per heavy atom. The molecule has 2 aliphatic rings. The smallest absolute Gasteiger partial charge is 0.255 e. The molecule has 0 saturated heterocycles. The number of nitrogens with zero attached hydrogens (tertiary/aromatic N) is 4. The summed E-state index contributed by atoms with van der Waals surface area (Å²) in [5.74, 6) is -0.942. The highest BCUT2D eigenvalue weighted by atomic mass is 127. The van der Waals surface area contributed by atoms with E-state index in [1.807, 2.05) is 96.4 Å². The van der Waals surface area contributed by atoms with Crippen LogP contribution in [-0.2, 0) is 10.5 Å². The zero-order valence-corrected chi connectivity index (χ0v) is 29.0. The van der Waals surface area contributed by atoms with Crippen LogP contribution in [0.5, 0.6) is 11.6 Å². The Balaban J connectivity index is 1.39. The number of phenolic OH excluding ortho intramolecular Hbond substituents is 1. The number of carbonyl (C=O) groups is 1. The van der Waals surface area contributed by atoms with Gasteiger partial charge in [-0.2, -0.15) is 10.2 Å². The first-order chi connectivity index (χ1) is 23.6. The molecular weight excluding hydrogens is 758 g/mol. The summed E-state index contributed by atoms with van der Waals surface area (Å²) in [6, 6.07) is 28.6.